The van der Waals surface area contributed by atoms with Crippen molar-refractivity contribution in [2.45, 2.75) is 13.8 Å². The van der Waals surface area contributed by atoms with Crippen molar-refractivity contribution in [3.8, 4) is 0 Å². The molecule has 0 heterocycles. The van der Waals surface area contributed by atoms with E-state index in [9.17, 15) is 17.6 Å². The zero-order valence-electron chi connectivity index (χ0n) is 10.6. The van der Waals surface area contributed by atoms with Gasteiger partial charge in [0.15, 0.2) is 0 Å². The third-order valence-corrected chi connectivity index (χ3v) is 3.51. The molecule has 0 saturated heterocycles. The lowest BCUT2D eigenvalue weighted by Crippen LogP contribution is -2.23. The van der Waals surface area contributed by atoms with Crippen molar-refractivity contribution in [2.75, 3.05) is 22.1 Å². The Labute approximate surface area is 111 Å². The molecule has 0 fully saturated rings. The van der Waals surface area contributed by atoms with Crippen molar-refractivity contribution < 1.29 is 22.4 Å². The number of amides is 1. The van der Waals surface area contributed by atoms with Gasteiger partial charge in [-0.15, -0.1) is 0 Å². The minimum Gasteiger partial charge on any atom is -0.283 e. The van der Waals surface area contributed by atoms with Crippen LogP contribution in [0.25, 0.3) is 0 Å². The quantitative estimate of drug-likeness (QED) is 0.610. The van der Waals surface area contributed by atoms with E-state index < -0.39 is 15.8 Å². The predicted octanol–water partition coefficient (Wildman–Crippen LogP) is 1.50. The number of nitrogens with one attached hydrogen (secondary N) is 1. The molecule has 1 N–H and O–H groups in total. The third kappa shape index (κ3) is 4.18. The van der Waals surface area contributed by atoms with Gasteiger partial charge in [-0.2, -0.15) is 5.06 Å². The first-order chi connectivity index (χ1) is 8.93. The Hall–Kier alpha value is -1.67. The summed E-state index contributed by atoms with van der Waals surface area (Å²) in [5.74, 6) is -0.803. The lowest BCUT2D eigenvalue weighted by Gasteiger charge is -2.17. The number of sulfonamides is 1. The average molecular weight is 290 g/mol. The molecule has 0 aliphatic heterocycles. The van der Waals surface area contributed by atoms with Crippen LogP contribution in [-0.4, -0.2) is 27.2 Å². The van der Waals surface area contributed by atoms with Crippen LogP contribution in [0, 0.1) is 5.82 Å². The van der Waals surface area contributed by atoms with Crippen molar-refractivity contribution in [3.63, 3.8) is 0 Å². The summed E-state index contributed by atoms with van der Waals surface area (Å²) in [4.78, 5) is 15.7. The van der Waals surface area contributed by atoms with Crippen LogP contribution in [0.2, 0.25) is 0 Å². The van der Waals surface area contributed by atoms with E-state index in [1.54, 1.807) is 6.92 Å². The fourth-order valence-corrected chi connectivity index (χ4v) is 1.92. The number of hydroxylamine groups is 1. The number of anilines is 2. The van der Waals surface area contributed by atoms with E-state index in [0.717, 1.165) is 6.07 Å². The Morgan fingerprint density at radius 2 is 2.11 bits per heavy atom. The normalized spacial score (nSPS) is 11.1. The maximum atomic E-state index is 13.6. The maximum Gasteiger partial charge on any atom is 0.238 e. The molecule has 1 rings (SSSR count). The highest BCUT2D eigenvalue weighted by molar-refractivity contribution is 7.92. The molecule has 0 atom stereocenters. The van der Waals surface area contributed by atoms with E-state index in [1.165, 1.54) is 19.1 Å². The Morgan fingerprint density at radius 1 is 1.42 bits per heavy atom. The molecule has 0 unspecified atom stereocenters. The maximum absolute atomic E-state index is 13.6. The van der Waals surface area contributed by atoms with E-state index in [2.05, 4.69) is 4.72 Å². The van der Waals surface area contributed by atoms with Gasteiger partial charge in [-0.3, -0.25) is 14.4 Å². The lowest BCUT2D eigenvalue weighted by atomic mass is 10.2. The summed E-state index contributed by atoms with van der Waals surface area (Å²) in [6.07, 6.45) is 0.306. The van der Waals surface area contributed by atoms with Crippen molar-refractivity contribution in [1.82, 2.24) is 0 Å². The molecule has 106 valence electrons. The van der Waals surface area contributed by atoms with Gasteiger partial charge in [0.25, 0.3) is 0 Å². The second-order valence-electron chi connectivity index (χ2n) is 3.52. The van der Waals surface area contributed by atoms with Crippen molar-refractivity contribution in [2.24, 2.45) is 0 Å². The smallest absolute Gasteiger partial charge is 0.238 e. The van der Waals surface area contributed by atoms with Gasteiger partial charge in [0, 0.05) is 0 Å². The molecule has 6 nitrogen and oxygen atoms in total. The molecule has 0 aliphatic carbocycles. The first kappa shape index (κ1) is 15.4. The van der Waals surface area contributed by atoms with Gasteiger partial charge in [0.1, 0.15) is 11.5 Å². The summed E-state index contributed by atoms with van der Waals surface area (Å²) in [6.45, 7) is 3.28. The molecule has 0 radical (unpaired) electrons. The molecule has 8 heteroatoms. The second kappa shape index (κ2) is 6.48. The van der Waals surface area contributed by atoms with Crippen LogP contribution in [0.3, 0.4) is 0 Å². The number of carbonyl (C=O) groups is 1. The number of carbonyl (C=O) groups excluding carboxylic acids is 1. The molecule has 1 amide bonds. The van der Waals surface area contributed by atoms with E-state index >= 15 is 0 Å². The molecule has 0 aliphatic rings. The zero-order chi connectivity index (χ0) is 14.5. The molecule has 1 aromatic carbocycles. The van der Waals surface area contributed by atoms with Gasteiger partial charge < -0.3 is 0 Å². The average Bonchev–Trinajstić information content (AvgIpc) is 2.38. The molecular weight excluding hydrogens is 275 g/mol. The van der Waals surface area contributed by atoms with Gasteiger partial charge >= 0.3 is 0 Å². The Kier molecular flexibility index (Phi) is 5.25. The van der Waals surface area contributed by atoms with Gasteiger partial charge in [-0.05, 0) is 32.0 Å². The first-order valence-electron chi connectivity index (χ1n) is 5.61. The summed E-state index contributed by atoms with van der Waals surface area (Å²) in [5.41, 5.74) is -0.00189. The van der Waals surface area contributed by atoms with E-state index in [4.69, 9.17) is 4.84 Å². The minimum atomic E-state index is -3.47. The predicted molar refractivity (Wildman–Crippen MR) is 69.7 cm³/mol. The van der Waals surface area contributed by atoms with E-state index in [1.807, 2.05) is 0 Å². The van der Waals surface area contributed by atoms with Crippen LogP contribution in [0.5, 0.6) is 0 Å². The molecule has 0 spiro atoms. The second-order valence-corrected chi connectivity index (χ2v) is 5.53. The highest BCUT2D eigenvalue weighted by atomic mass is 32.2. The summed E-state index contributed by atoms with van der Waals surface area (Å²) in [7, 11) is -3.47. The van der Waals surface area contributed by atoms with Gasteiger partial charge in [0.05, 0.1) is 18.0 Å². The van der Waals surface area contributed by atoms with Gasteiger partial charge in [0.2, 0.25) is 16.4 Å². The molecule has 0 bridgehead atoms. The largest absolute Gasteiger partial charge is 0.283 e. The standard InChI is InChI=1S/C11H15FN2O4S/c1-3-18-14(8-15)11-7-9(5-6-10(11)12)13-19(16,17)4-2/h5-8,13H,3-4H2,1-2H3. The Morgan fingerprint density at radius 3 is 2.63 bits per heavy atom. The Bertz CT molecular complexity index is 548. The number of hydrogen-bond acceptors (Lipinski definition) is 4. The molecule has 0 saturated carbocycles. The van der Waals surface area contributed by atoms with Gasteiger partial charge in [-0.25, -0.2) is 12.8 Å². The highest BCUT2D eigenvalue weighted by Gasteiger charge is 2.14. The van der Waals surface area contributed by atoms with E-state index in [0.29, 0.717) is 11.5 Å². The van der Waals surface area contributed by atoms with Crippen LogP contribution >= 0.6 is 0 Å². The Balaban J connectivity index is 3.09. The van der Waals surface area contributed by atoms with Crippen LogP contribution in [-0.2, 0) is 19.7 Å². The highest BCUT2D eigenvalue weighted by Crippen LogP contribution is 2.23. The SMILES string of the molecule is CCON(C=O)c1cc(NS(=O)(=O)CC)ccc1F. The van der Waals surface area contributed by atoms with Crippen LogP contribution in [0.4, 0.5) is 15.8 Å². The van der Waals surface area contributed by atoms with Crippen molar-refractivity contribution in [3.05, 3.63) is 24.0 Å². The van der Waals surface area contributed by atoms with Crippen LogP contribution in [0.15, 0.2) is 18.2 Å². The zero-order valence-corrected chi connectivity index (χ0v) is 11.4. The summed E-state index contributed by atoms with van der Waals surface area (Å²) in [6, 6.07) is 3.51. The number of rotatable bonds is 7. The lowest BCUT2D eigenvalue weighted by molar-refractivity contribution is -0.113. The monoisotopic (exact) mass is 290 g/mol. The van der Waals surface area contributed by atoms with Crippen LogP contribution in [0.1, 0.15) is 13.8 Å². The van der Waals surface area contributed by atoms with E-state index in [-0.39, 0.29) is 23.7 Å². The third-order valence-electron chi connectivity index (χ3n) is 2.20. The molecule has 1 aromatic rings. The van der Waals surface area contributed by atoms with Crippen molar-refractivity contribution in [1.29, 1.82) is 0 Å². The summed E-state index contributed by atoms with van der Waals surface area (Å²) < 4.78 is 38.7. The molecule has 0 aromatic heterocycles. The number of hydrogen-bond donors (Lipinski definition) is 1. The fourth-order valence-electron chi connectivity index (χ4n) is 1.29. The molecule has 19 heavy (non-hydrogen) atoms. The van der Waals surface area contributed by atoms with Crippen molar-refractivity contribution >= 4 is 27.8 Å². The number of halogens is 1. The summed E-state index contributed by atoms with van der Waals surface area (Å²) in [5, 5.41) is 0.707. The fraction of sp³-hybridized carbons (Fsp3) is 0.364. The van der Waals surface area contributed by atoms with Gasteiger partial charge in [-0.1, -0.05) is 0 Å². The first-order valence-corrected chi connectivity index (χ1v) is 7.26. The molecular formula is C11H15FN2O4S. The summed E-state index contributed by atoms with van der Waals surface area (Å²) >= 11 is 0. The van der Waals surface area contributed by atoms with Crippen LogP contribution < -0.4 is 9.79 Å². The number of benzene rings is 1. The minimum absolute atomic E-state index is 0.109. The topological polar surface area (TPSA) is 75.7 Å². The number of nitrogens with zero attached hydrogens (tertiary/aromatic N) is 1.